The highest BCUT2D eigenvalue weighted by Gasteiger charge is 2.55. The molecule has 1 unspecified atom stereocenters. The second kappa shape index (κ2) is 5.09. The lowest BCUT2D eigenvalue weighted by Crippen LogP contribution is -2.53. The van der Waals surface area contributed by atoms with E-state index < -0.39 is 11.0 Å². The van der Waals surface area contributed by atoms with Gasteiger partial charge in [-0.3, -0.25) is 0 Å². The smallest absolute Gasteiger partial charge is 0.0860 e. The molecule has 0 radical (unpaired) electrons. The van der Waals surface area contributed by atoms with Gasteiger partial charge in [-0.15, -0.1) is 0 Å². The SMILES string of the molecule is CCC1CCC(C#N)(C2(O)CCCC(C)(C)C2)CC1. The molecule has 1 N–H and O–H groups in total. The zero-order valence-electron chi connectivity index (χ0n) is 12.8. The summed E-state index contributed by atoms with van der Waals surface area (Å²) in [4.78, 5) is 0. The zero-order valence-corrected chi connectivity index (χ0v) is 12.8. The molecule has 2 saturated carbocycles. The van der Waals surface area contributed by atoms with E-state index in [1.807, 2.05) is 0 Å². The van der Waals surface area contributed by atoms with Crippen molar-refractivity contribution in [2.45, 2.75) is 84.2 Å². The Labute approximate surface area is 118 Å². The molecule has 0 aromatic rings. The van der Waals surface area contributed by atoms with Gasteiger partial charge in [0.25, 0.3) is 0 Å². The fourth-order valence-corrected chi connectivity index (χ4v) is 4.50. The topological polar surface area (TPSA) is 44.0 Å². The average molecular weight is 263 g/mol. The van der Waals surface area contributed by atoms with Crippen molar-refractivity contribution in [2.24, 2.45) is 16.7 Å². The fraction of sp³-hybridized carbons (Fsp3) is 0.941. The van der Waals surface area contributed by atoms with Gasteiger partial charge < -0.3 is 5.11 Å². The Morgan fingerprint density at radius 3 is 2.26 bits per heavy atom. The van der Waals surface area contributed by atoms with E-state index in [1.165, 1.54) is 12.8 Å². The van der Waals surface area contributed by atoms with Crippen LogP contribution in [-0.2, 0) is 0 Å². The van der Waals surface area contributed by atoms with Crippen LogP contribution in [0.3, 0.4) is 0 Å². The maximum absolute atomic E-state index is 11.2. The van der Waals surface area contributed by atoms with Crippen LogP contribution >= 0.6 is 0 Å². The molecule has 2 rings (SSSR count). The van der Waals surface area contributed by atoms with Gasteiger partial charge in [-0.2, -0.15) is 5.26 Å². The highest BCUT2D eigenvalue weighted by Crippen LogP contribution is 2.55. The molecular formula is C17H29NO. The molecule has 108 valence electrons. The van der Waals surface area contributed by atoms with Crippen molar-refractivity contribution < 1.29 is 5.11 Å². The number of rotatable bonds is 2. The number of aliphatic hydroxyl groups is 1. The molecule has 0 aromatic carbocycles. The Hall–Kier alpha value is -0.550. The van der Waals surface area contributed by atoms with Gasteiger partial charge in [0.1, 0.15) is 0 Å². The highest BCUT2D eigenvalue weighted by molar-refractivity contribution is 5.15. The lowest BCUT2D eigenvalue weighted by Gasteiger charge is -2.52. The van der Waals surface area contributed by atoms with Crippen LogP contribution in [0.1, 0.15) is 78.6 Å². The Morgan fingerprint density at radius 2 is 1.79 bits per heavy atom. The van der Waals surface area contributed by atoms with Gasteiger partial charge in [-0.1, -0.05) is 33.6 Å². The van der Waals surface area contributed by atoms with Crippen molar-refractivity contribution in [1.82, 2.24) is 0 Å². The zero-order chi connectivity index (χ0) is 14.1. The summed E-state index contributed by atoms with van der Waals surface area (Å²) in [5.74, 6) is 0.765. The molecule has 0 aliphatic heterocycles. The van der Waals surface area contributed by atoms with E-state index in [4.69, 9.17) is 0 Å². The molecule has 2 nitrogen and oxygen atoms in total. The van der Waals surface area contributed by atoms with Crippen molar-refractivity contribution in [3.63, 3.8) is 0 Å². The molecule has 0 aromatic heterocycles. The maximum atomic E-state index is 11.2. The highest BCUT2D eigenvalue weighted by atomic mass is 16.3. The second-order valence-electron chi connectivity index (χ2n) is 7.77. The summed E-state index contributed by atoms with van der Waals surface area (Å²) >= 11 is 0. The van der Waals surface area contributed by atoms with Crippen molar-refractivity contribution in [3.8, 4) is 6.07 Å². The van der Waals surface area contributed by atoms with Crippen LogP contribution in [0.5, 0.6) is 0 Å². The van der Waals surface area contributed by atoms with E-state index in [9.17, 15) is 10.4 Å². The first-order chi connectivity index (χ1) is 8.86. The van der Waals surface area contributed by atoms with Gasteiger partial charge in [0, 0.05) is 0 Å². The van der Waals surface area contributed by atoms with Crippen LogP contribution in [-0.4, -0.2) is 10.7 Å². The van der Waals surface area contributed by atoms with E-state index >= 15 is 0 Å². The lowest BCUT2D eigenvalue weighted by atomic mass is 9.54. The van der Waals surface area contributed by atoms with Crippen LogP contribution < -0.4 is 0 Å². The summed E-state index contributed by atoms with van der Waals surface area (Å²) < 4.78 is 0. The van der Waals surface area contributed by atoms with E-state index in [0.717, 1.165) is 50.9 Å². The molecule has 0 amide bonds. The molecule has 0 saturated heterocycles. The fourth-order valence-electron chi connectivity index (χ4n) is 4.50. The summed E-state index contributed by atoms with van der Waals surface area (Å²) in [6.07, 6.45) is 9.10. The molecule has 2 aliphatic carbocycles. The minimum atomic E-state index is -0.748. The van der Waals surface area contributed by atoms with Gasteiger partial charge in [-0.05, 0) is 56.3 Å². The van der Waals surface area contributed by atoms with Crippen LogP contribution in [0.25, 0.3) is 0 Å². The molecule has 0 spiro atoms. The van der Waals surface area contributed by atoms with Crippen LogP contribution in [0, 0.1) is 28.1 Å². The van der Waals surface area contributed by atoms with E-state index in [2.05, 4.69) is 26.8 Å². The summed E-state index contributed by atoms with van der Waals surface area (Å²) in [7, 11) is 0. The largest absolute Gasteiger partial charge is 0.388 e. The van der Waals surface area contributed by atoms with E-state index in [1.54, 1.807) is 0 Å². The number of hydrogen-bond acceptors (Lipinski definition) is 2. The first-order valence-electron chi connectivity index (χ1n) is 8.00. The Kier molecular flexibility index (Phi) is 3.98. The molecule has 2 heteroatoms. The van der Waals surface area contributed by atoms with Gasteiger partial charge in [0.15, 0.2) is 0 Å². The molecular weight excluding hydrogens is 234 g/mol. The van der Waals surface area contributed by atoms with Gasteiger partial charge >= 0.3 is 0 Å². The van der Waals surface area contributed by atoms with Crippen molar-refractivity contribution in [3.05, 3.63) is 0 Å². The normalized spacial score (nSPS) is 42.6. The monoisotopic (exact) mass is 263 g/mol. The Balaban J connectivity index is 2.19. The summed E-state index contributed by atoms with van der Waals surface area (Å²) in [6.45, 7) is 6.71. The van der Waals surface area contributed by atoms with Crippen molar-refractivity contribution >= 4 is 0 Å². The molecule has 1 atom stereocenters. The number of nitrogens with zero attached hydrogens (tertiary/aromatic N) is 1. The quantitative estimate of drug-likeness (QED) is 0.801. The van der Waals surface area contributed by atoms with Crippen LogP contribution in [0.15, 0.2) is 0 Å². The Morgan fingerprint density at radius 1 is 1.16 bits per heavy atom. The molecule has 0 bridgehead atoms. The summed E-state index contributed by atoms with van der Waals surface area (Å²) in [5.41, 5.74) is -1.04. The minimum absolute atomic E-state index is 0.179. The molecule has 0 heterocycles. The van der Waals surface area contributed by atoms with Crippen molar-refractivity contribution in [1.29, 1.82) is 5.26 Å². The van der Waals surface area contributed by atoms with Crippen LogP contribution in [0.2, 0.25) is 0 Å². The third kappa shape index (κ3) is 2.68. The van der Waals surface area contributed by atoms with Gasteiger partial charge in [0.05, 0.1) is 17.1 Å². The summed E-state index contributed by atoms with van der Waals surface area (Å²) in [5, 5.41) is 21.0. The van der Waals surface area contributed by atoms with Gasteiger partial charge in [0.2, 0.25) is 0 Å². The first-order valence-corrected chi connectivity index (χ1v) is 8.00. The van der Waals surface area contributed by atoms with E-state index in [0.29, 0.717) is 0 Å². The maximum Gasteiger partial charge on any atom is 0.0860 e. The predicted molar refractivity (Wildman–Crippen MR) is 77.5 cm³/mol. The van der Waals surface area contributed by atoms with E-state index in [-0.39, 0.29) is 5.41 Å². The second-order valence-corrected chi connectivity index (χ2v) is 7.77. The molecule has 2 fully saturated rings. The first kappa shape index (κ1) is 14.9. The predicted octanol–water partition coefficient (Wildman–Crippen LogP) is 4.43. The lowest BCUT2D eigenvalue weighted by molar-refractivity contribution is -0.127. The summed E-state index contributed by atoms with van der Waals surface area (Å²) in [6, 6.07) is 2.56. The standard InChI is InChI=1S/C17H29NO/c1-4-14-6-10-16(13-18,11-7-14)17(19)9-5-8-15(2,3)12-17/h14,19H,4-12H2,1-3H3. The minimum Gasteiger partial charge on any atom is -0.388 e. The third-order valence-electron chi connectivity index (χ3n) is 5.86. The Bertz CT molecular complexity index is 360. The number of nitriles is 1. The van der Waals surface area contributed by atoms with Gasteiger partial charge in [-0.25, -0.2) is 0 Å². The molecule has 19 heavy (non-hydrogen) atoms. The molecule has 2 aliphatic rings. The van der Waals surface area contributed by atoms with Crippen molar-refractivity contribution in [2.75, 3.05) is 0 Å². The third-order valence-corrected chi connectivity index (χ3v) is 5.86. The average Bonchev–Trinajstić information content (AvgIpc) is 2.37. The van der Waals surface area contributed by atoms with Crippen LogP contribution in [0.4, 0.5) is 0 Å². The number of hydrogen-bond donors (Lipinski definition) is 1.